The van der Waals surface area contributed by atoms with E-state index in [2.05, 4.69) is 14.7 Å². The SMILES string of the molecule is O=C(O)c1cccc(S(=O)(=O)N[C@@H]2C[C@@H](C(=O)O)N(c3cc(-n4ccnc4)c4ccc(Cl)c(Cl)c4n3)C2)c1. The smallest absolute Gasteiger partial charge is 0.335 e. The number of hydrogen-bond acceptors (Lipinski definition) is 7. The van der Waals surface area contributed by atoms with Gasteiger partial charge in [-0.3, -0.25) is 0 Å². The number of carboxylic acids is 2. The summed E-state index contributed by atoms with van der Waals surface area (Å²) in [6.45, 7) is -0.0190. The van der Waals surface area contributed by atoms with E-state index in [9.17, 15) is 28.2 Å². The molecule has 38 heavy (non-hydrogen) atoms. The number of pyridine rings is 1. The van der Waals surface area contributed by atoms with Gasteiger partial charge in [0.1, 0.15) is 11.9 Å². The predicted octanol–water partition coefficient (Wildman–Crippen LogP) is 3.44. The Balaban J connectivity index is 1.53. The number of hydrogen-bond donors (Lipinski definition) is 3. The van der Waals surface area contributed by atoms with Gasteiger partial charge in [-0.15, -0.1) is 0 Å². The molecule has 0 bridgehead atoms. The van der Waals surface area contributed by atoms with Crippen molar-refractivity contribution < 1.29 is 28.2 Å². The summed E-state index contributed by atoms with van der Waals surface area (Å²) >= 11 is 12.7. The molecule has 0 aliphatic carbocycles. The first-order chi connectivity index (χ1) is 18.0. The Kier molecular flexibility index (Phi) is 6.73. The highest BCUT2D eigenvalue weighted by atomic mass is 35.5. The van der Waals surface area contributed by atoms with E-state index in [0.29, 0.717) is 16.6 Å². The maximum atomic E-state index is 13.0. The lowest BCUT2D eigenvalue weighted by molar-refractivity contribution is -0.138. The van der Waals surface area contributed by atoms with Crippen molar-refractivity contribution in [2.45, 2.75) is 23.4 Å². The summed E-state index contributed by atoms with van der Waals surface area (Å²) in [6, 6.07) is 8.06. The zero-order valence-corrected chi connectivity index (χ0v) is 21.7. The molecule has 1 aliphatic heterocycles. The van der Waals surface area contributed by atoms with E-state index in [1.165, 1.54) is 23.1 Å². The monoisotopic (exact) mass is 575 g/mol. The number of sulfonamides is 1. The van der Waals surface area contributed by atoms with Crippen molar-refractivity contribution in [1.29, 1.82) is 0 Å². The fourth-order valence-corrected chi connectivity index (χ4v) is 6.10. The molecule has 11 nitrogen and oxygen atoms in total. The molecule has 1 aliphatic rings. The average molecular weight is 576 g/mol. The van der Waals surface area contributed by atoms with Crippen LogP contribution >= 0.6 is 23.2 Å². The van der Waals surface area contributed by atoms with Crippen LogP contribution in [0, 0.1) is 0 Å². The molecular weight excluding hydrogens is 557 g/mol. The number of rotatable bonds is 7. The summed E-state index contributed by atoms with van der Waals surface area (Å²) in [5, 5.41) is 20.3. The molecule has 2 aromatic carbocycles. The van der Waals surface area contributed by atoms with Gasteiger partial charge < -0.3 is 19.7 Å². The van der Waals surface area contributed by atoms with Crippen LogP contribution < -0.4 is 9.62 Å². The number of imidazole rings is 1. The first-order valence-corrected chi connectivity index (χ1v) is 13.4. The van der Waals surface area contributed by atoms with Gasteiger partial charge >= 0.3 is 11.9 Å². The van der Waals surface area contributed by atoms with Crippen LogP contribution in [0.4, 0.5) is 5.82 Å². The number of carboxylic acid groups (broad SMARTS) is 2. The van der Waals surface area contributed by atoms with Crippen LogP contribution in [0.15, 0.2) is 66.1 Å². The molecule has 5 rings (SSSR count). The molecule has 4 aromatic rings. The molecule has 196 valence electrons. The third kappa shape index (κ3) is 4.78. The molecule has 2 atom stereocenters. The molecule has 14 heteroatoms. The van der Waals surface area contributed by atoms with Gasteiger partial charge in [-0.1, -0.05) is 29.3 Å². The Labute approximate surface area is 226 Å². The van der Waals surface area contributed by atoms with Crippen molar-refractivity contribution in [1.82, 2.24) is 19.3 Å². The zero-order valence-electron chi connectivity index (χ0n) is 19.3. The lowest BCUT2D eigenvalue weighted by atomic mass is 10.1. The lowest BCUT2D eigenvalue weighted by Gasteiger charge is -2.24. The minimum Gasteiger partial charge on any atom is -0.480 e. The molecule has 0 amide bonds. The molecule has 0 saturated carbocycles. The number of anilines is 1. The molecule has 3 N–H and O–H groups in total. The summed E-state index contributed by atoms with van der Waals surface area (Å²) in [7, 11) is -4.15. The highest BCUT2D eigenvalue weighted by Crippen LogP contribution is 2.36. The van der Waals surface area contributed by atoms with Gasteiger partial charge in [0.15, 0.2) is 0 Å². The molecular formula is C24H19Cl2N5O6S. The second-order valence-electron chi connectivity index (χ2n) is 8.62. The molecule has 0 unspecified atom stereocenters. The van der Waals surface area contributed by atoms with Crippen LogP contribution in [-0.2, 0) is 14.8 Å². The van der Waals surface area contributed by atoms with E-state index in [-0.39, 0.29) is 39.3 Å². The number of carbonyl (C=O) groups is 2. The summed E-state index contributed by atoms with van der Waals surface area (Å²) < 4.78 is 30.3. The van der Waals surface area contributed by atoms with E-state index in [1.807, 2.05) is 0 Å². The van der Waals surface area contributed by atoms with Crippen molar-refractivity contribution in [3.05, 3.63) is 76.8 Å². The minimum atomic E-state index is -4.15. The van der Waals surface area contributed by atoms with Crippen LogP contribution in [0.25, 0.3) is 16.6 Å². The van der Waals surface area contributed by atoms with Gasteiger partial charge in [0, 0.05) is 36.4 Å². The molecule has 2 aromatic heterocycles. The molecule has 0 radical (unpaired) electrons. The topological polar surface area (TPSA) is 155 Å². The fraction of sp³-hybridized carbons (Fsp3) is 0.167. The summed E-state index contributed by atoms with van der Waals surface area (Å²) in [6.07, 6.45) is 4.81. The van der Waals surface area contributed by atoms with Gasteiger partial charge in [0.05, 0.1) is 38.0 Å². The maximum absolute atomic E-state index is 13.0. The van der Waals surface area contributed by atoms with E-state index in [4.69, 9.17) is 23.2 Å². The van der Waals surface area contributed by atoms with Gasteiger partial charge in [-0.05, 0) is 36.8 Å². The highest BCUT2D eigenvalue weighted by Gasteiger charge is 2.40. The highest BCUT2D eigenvalue weighted by molar-refractivity contribution is 7.89. The first kappa shape index (κ1) is 25.9. The van der Waals surface area contributed by atoms with Crippen molar-refractivity contribution in [2.75, 3.05) is 11.4 Å². The molecule has 1 saturated heterocycles. The van der Waals surface area contributed by atoms with E-state index < -0.39 is 34.0 Å². The van der Waals surface area contributed by atoms with Gasteiger partial charge in [0.25, 0.3) is 0 Å². The second kappa shape index (κ2) is 9.87. The van der Waals surface area contributed by atoms with Crippen LogP contribution in [0.3, 0.4) is 0 Å². The Hall–Kier alpha value is -3.71. The fourth-order valence-electron chi connectivity index (χ4n) is 4.46. The minimum absolute atomic E-state index is 0.0190. The normalized spacial score (nSPS) is 17.7. The van der Waals surface area contributed by atoms with Crippen molar-refractivity contribution >= 4 is 61.9 Å². The summed E-state index contributed by atoms with van der Waals surface area (Å²) in [5.41, 5.74) is 0.783. The Morgan fingerprint density at radius 2 is 1.89 bits per heavy atom. The number of aromatic nitrogens is 3. The summed E-state index contributed by atoms with van der Waals surface area (Å²) in [5.74, 6) is -2.18. The zero-order chi connectivity index (χ0) is 27.2. The van der Waals surface area contributed by atoms with Crippen LogP contribution in [0.1, 0.15) is 16.8 Å². The average Bonchev–Trinajstić information content (AvgIpc) is 3.56. The third-order valence-corrected chi connectivity index (χ3v) is 8.53. The molecule has 0 spiro atoms. The number of aliphatic carboxylic acids is 1. The number of nitrogens with one attached hydrogen (secondary N) is 1. The van der Waals surface area contributed by atoms with Gasteiger partial charge in [0.2, 0.25) is 10.0 Å². The Morgan fingerprint density at radius 1 is 1.11 bits per heavy atom. The van der Waals surface area contributed by atoms with Crippen molar-refractivity contribution in [2.24, 2.45) is 0 Å². The van der Waals surface area contributed by atoms with Gasteiger partial charge in [-0.2, -0.15) is 0 Å². The van der Waals surface area contributed by atoms with E-state index >= 15 is 0 Å². The molecule has 1 fully saturated rings. The first-order valence-electron chi connectivity index (χ1n) is 11.2. The van der Waals surface area contributed by atoms with E-state index in [0.717, 1.165) is 6.07 Å². The Bertz CT molecular complexity index is 1680. The standard InChI is InChI=1S/C24H19Cl2N5O6S/c25-17-5-4-16-18(30-7-6-27-12-30)10-20(28-22(16)21(17)26)31-11-14(9-19(31)24(34)35)29-38(36,37)15-3-1-2-13(8-15)23(32)33/h1-8,10,12,14,19,29H,9,11H2,(H,32,33)(H,34,35)/t14-,19+/m1/s1. The number of benzene rings is 2. The number of halogens is 2. The van der Waals surface area contributed by atoms with Crippen LogP contribution in [0.2, 0.25) is 10.0 Å². The lowest BCUT2D eigenvalue weighted by Crippen LogP contribution is -2.38. The van der Waals surface area contributed by atoms with Crippen LogP contribution in [0.5, 0.6) is 0 Å². The number of fused-ring (bicyclic) bond motifs is 1. The molecule has 3 heterocycles. The summed E-state index contributed by atoms with van der Waals surface area (Å²) in [4.78, 5) is 33.4. The van der Waals surface area contributed by atoms with Crippen molar-refractivity contribution in [3.8, 4) is 5.69 Å². The van der Waals surface area contributed by atoms with E-state index in [1.54, 1.807) is 41.5 Å². The predicted molar refractivity (Wildman–Crippen MR) is 140 cm³/mol. The van der Waals surface area contributed by atoms with Gasteiger partial charge in [-0.25, -0.2) is 32.7 Å². The number of aromatic carboxylic acids is 1. The third-order valence-electron chi connectivity index (χ3n) is 6.21. The largest absolute Gasteiger partial charge is 0.480 e. The second-order valence-corrected chi connectivity index (χ2v) is 11.1. The Morgan fingerprint density at radius 3 is 2.58 bits per heavy atom. The van der Waals surface area contributed by atoms with Crippen molar-refractivity contribution in [3.63, 3.8) is 0 Å². The number of nitrogens with zero attached hydrogens (tertiary/aromatic N) is 4. The van der Waals surface area contributed by atoms with Crippen LogP contribution in [-0.4, -0.2) is 63.7 Å². The quantitative estimate of drug-likeness (QED) is 0.300. The maximum Gasteiger partial charge on any atom is 0.335 e.